The minimum atomic E-state index is -0.109. The molecule has 0 bridgehead atoms. The first-order valence-corrected chi connectivity index (χ1v) is 12.6. The standard InChI is InChI=1S/C26H27BrN2O2S/c1-18(2)16-28(26(31)20-8-10-21(27)11-9-20)17-24(30)29-14-12-23-22(13-15-32-23)25(29)19-6-4-3-5-7-19/h3-11,13,15,18,25H,12,14,16-17H2,1-2H3. The van der Waals surface area contributed by atoms with E-state index in [-0.39, 0.29) is 30.3 Å². The number of carbonyl (C=O) groups is 2. The summed E-state index contributed by atoms with van der Waals surface area (Å²) >= 11 is 5.17. The number of carbonyl (C=O) groups excluding carboxylic acids is 2. The van der Waals surface area contributed by atoms with Gasteiger partial charge in [0.05, 0.1) is 6.04 Å². The third-order valence-electron chi connectivity index (χ3n) is 5.69. The smallest absolute Gasteiger partial charge is 0.254 e. The Balaban J connectivity index is 1.60. The minimum Gasteiger partial charge on any atom is -0.330 e. The second kappa shape index (κ2) is 10.0. The van der Waals surface area contributed by atoms with E-state index in [2.05, 4.69) is 53.4 Å². The van der Waals surface area contributed by atoms with E-state index in [4.69, 9.17) is 0 Å². The van der Waals surface area contributed by atoms with Crippen LogP contribution in [0.15, 0.2) is 70.5 Å². The molecule has 1 aliphatic heterocycles. The van der Waals surface area contributed by atoms with Gasteiger partial charge >= 0.3 is 0 Å². The summed E-state index contributed by atoms with van der Waals surface area (Å²) in [6.45, 7) is 5.41. The summed E-state index contributed by atoms with van der Waals surface area (Å²) in [5.74, 6) is 0.141. The third-order valence-corrected chi connectivity index (χ3v) is 7.22. The zero-order valence-corrected chi connectivity index (χ0v) is 20.7. The van der Waals surface area contributed by atoms with E-state index in [1.165, 1.54) is 10.4 Å². The topological polar surface area (TPSA) is 40.6 Å². The van der Waals surface area contributed by atoms with E-state index in [0.29, 0.717) is 18.7 Å². The van der Waals surface area contributed by atoms with Crippen LogP contribution in [0.1, 0.15) is 46.3 Å². The fourth-order valence-corrected chi connectivity index (χ4v) is 5.44. The molecule has 1 unspecified atom stereocenters. The monoisotopic (exact) mass is 510 g/mol. The molecule has 32 heavy (non-hydrogen) atoms. The van der Waals surface area contributed by atoms with Gasteiger partial charge in [-0.25, -0.2) is 0 Å². The molecule has 4 nitrogen and oxygen atoms in total. The number of amides is 2. The molecule has 0 saturated heterocycles. The number of hydrogen-bond acceptors (Lipinski definition) is 3. The van der Waals surface area contributed by atoms with Gasteiger partial charge in [-0.05, 0) is 59.2 Å². The van der Waals surface area contributed by atoms with Crippen molar-refractivity contribution in [1.29, 1.82) is 0 Å². The number of benzene rings is 2. The van der Waals surface area contributed by atoms with Crippen molar-refractivity contribution in [2.45, 2.75) is 26.3 Å². The van der Waals surface area contributed by atoms with E-state index in [1.807, 2.05) is 35.2 Å². The molecule has 0 radical (unpaired) electrons. The Bertz CT molecular complexity index is 1080. The number of thiophene rings is 1. The van der Waals surface area contributed by atoms with Gasteiger partial charge in [0, 0.05) is 28.0 Å². The predicted molar refractivity (Wildman–Crippen MR) is 133 cm³/mol. The number of rotatable bonds is 6. The van der Waals surface area contributed by atoms with Crippen LogP contribution in [0.25, 0.3) is 0 Å². The largest absolute Gasteiger partial charge is 0.330 e. The Morgan fingerprint density at radius 2 is 1.81 bits per heavy atom. The van der Waals surface area contributed by atoms with Crippen molar-refractivity contribution < 1.29 is 9.59 Å². The highest BCUT2D eigenvalue weighted by molar-refractivity contribution is 9.10. The van der Waals surface area contributed by atoms with Crippen molar-refractivity contribution in [2.75, 3.05) is 19.6 Å². The Labute approximate surface area is 202 Å². The number of halogens is 1. The van der Waals surface area contributed by atoms with Crippen molar-refractivity contribution >= 4 is 39.1 Å². The summed E-state index contributed by atoms with van der Waals surface area (Å²) in [6, 6.07) is 19.5. The molecule has 1 aliphatic rings. The van der Waals surface area contributed by atoms with Crippen LogP contribution in [0.4, 0.5) is 0 Å². The molecule has 4 rings (SSSR count). The van der Waals surface area contributed by atoms with Gasteiger partial charge in [-0.15, -0.1) is 11.3 Å². The van der Waals surface area contributed by atoms with Crippen LogP contribution in [0.2, 0.25) is 0 Å². The maximum absolute atomic E-state index is 13.6. The highest BCUT2D eigenvalue weighted by Gasteiger charge is 2.34. The molecular weight excluding hydrogens is 484 g/mol. The van der Waals surface area contributed by atoms with Crippen molar-refractivity contribution in [3.63, 3.8) is 0 Å². The number of nitrogens with zero attached hydrogens (tertiary/aromatic N) is 2. The molecule has 2 aromatic carbocycles. The molecule has 166 valence electrons. The molecule has 2 amide bonds. The Morgan fingerprint density at radius 1 is 1.09 bits per heavy atom. The Hall–Kier alpha value is -2.44. The second-order valence-corrected chi connectivity index (χ2v) is 10.5. The molecule has 6 heteroatoms. The summed E-state index contributed by atoms with van der Waals surface area (Å²) in [4.78, 5) is 31.9. The summed E-state index contributed by atoms with van der Waals surface area (Å²) in [7, 11) is 0. The summed E-state index contributed by atoms with van der Waals surface area (Å²) in [5.41, 5.74) is 2.91. The average Bonchev–Trinajstić information content (AvgIpc) is 3.27. The van der Waals surface area contributed by atoms with Gasteiger partial charge in [0.25, 0.3) is 5.91 Å². The Kier molecular flexibility index (Phi) is 7.11. The minimum absolute atomic E-state index is 0.0122. The Morgan fingerprint density at radius 3 is 2.50 bits per heavy atom. The average molecular weight is 511 g/mol. The van der Waals surface area contributed by atoms with Crippen molar-refractivity contribution in [3.05, 3.63) is 92.1 Å². The van der Waals surface area contributed by atoms with E-state index in [9.17, 15) is 9.59 Å². The SMILES string of the molecule is CC(C)CN(CC(=O)N1CCc2sccc2C1c1ccccc1)C(=O)c1ccc(Br)cc1. The van der Waals surface area contributed by atoms with Crippen LogP contribution in [0.5, 0.6) is 0 Å². The molecule has 2 heterocycles. The lowest BCUT2D eigenvalue weighted by atomic mass is 9.93. The van der Waals surface area contributed by atoms with Crippen molar-refractivity contribution in [1.82, 2.24) is 9.80 Å². The molecule has 0 aliphatic carbocycles. The predicted octanol–water partition coefficient (Wildman–Crippen LogP) is 5.78. The van der Waals surface area contributed by atoms with E-state index in [1.54, 1.807) is 28.4 Å². The lowest BCUT2D eigenvalue weighted by Crippen LogP contribution is -2.47. The zero-order chi connectivity index (χ0) is 22.7. The van der Waals surface area contributed by atoms with Crippen LogP contribution >= 0.6 is 27.3 Å². The molecule has 1 aromatic heterocycles. The fraction of sp³-hybridized carbons (Fsp3) is 0.308. The van der Waals surface area contributed by atoms with Gasteiger partial charge < -0.3 is 9.80 Å². The molecule has 1 atom stereocenters. The number of hydrogen-bond donors (Lipinski definition) is 0. The van der Waals surface area contributed by atoms with Gasteiger partial charge in [-0.3, -0.25) is 9.59 Å². The van der Waals surface area contributed by atoms with Crippen LogP contribution < -0.4 is 0 Å². The zero-order valence-electron chi connectivity index (χ0n) is 18.3. The molecule has 0 fully saturated rings. The first-order chi connectivity index (χ1) is 15.4. The quantitative estimate of drug-likeness (QED) is 0.421. The lowest BCUT2D eigenvalue weighted by molar-refractivity contribution is -0.134. The van der Waals surface area contributed by atoms with Crippen LogP contribution in [0.3, 0.4) is 0 Å². The lowest BCUT2D eigenvalue weighted by Gasteiger charge is -2.38. The first kappa shape index (κ1) is 22.7. The molecule has 3 aromatic rings. The van der Waals surface area contributed by atoms with Crippen LogP contribution in [-0.4, -0.2) is 41.2 Å². The van der Waals surface area contributed by atoms with Gasteiger partial charge in [-0.1, -0.05) is 60.1 Å². The van der Waals surface area contributed by atoms with E-state index >= 15 is 0 Å². The van der Waals surface area contributed by atoms with Crippen molar-refractivity contribution in [3.8, 4) is 0 Å². The van der Waals surface area contributed by atoms with Crippen molar-refractivity contribution in [2.24, 2.45) is 5.92 Å². The van der Waals surface area contributed by atoms with Gasteiger partial charge in [0.2, 0.25) is 5.91 Å². The van der Waals surface area contributed by atoms with Crippen LogP contribution in [-0.2, 0) is 11.2 Å². The summed E-state index contributed by atoms with van der Waals surface area (Å²) in [5, 5.41) is 2.11. The van der Waals surface area contributed by atoms with E-state index in [0.717, 1.165) is 16.5 Å². The molecule has 0 saturated carbocycles. The van der Waals surface area contributed by atoms with Gasteiger partial charge in [0.1, 0.15) is 6.54 Å². The summed E-state index contributed by atoms with van der Waals surface area (Å²) in [6.07, 6.45) is 0.854. The summed E-state index contributed by atoms with van der Waals surface area (Å²) < 4.78 is 0.922. The third kappa shape index (κ3) is 4.97. The maximum atomic E-state index is 13.6. The molecular formula is C26H27BrN2O2S. The van der Waals surface area contributed by atoms with E-state index < -0.39 is 0 Å². The normalized spacial score (nSPS) is 15.5. The first-order valence-electron chi connectivity index (χ1n) is 10.9. The fourth-order valence-electron chi connectivity index (χ4n) is 4.27. The van der Waals surface area contributed by atoms with Crippen LogP contribution in [0, 0.1) is 5.92 Å². The van der Waals surface area contributed by atoms with Gasteiger partial charge in [-0.2, -0.15) is 0 Å². The number of fused-ring (bicyclic) bond motifs is 1. The highest BCUT2D eigenvalue weighted by atomic mass is 79.9. The molecule has 0 spiro atoms. The maximum Gasteiger partial charge on any atom is 0.254 e. The molecule has 0 N–H and O–H groups in total. The van der Waals surface area contributed by atoms with Gasteiger partial charge in [0.15, 0.2) is 0 Å². The highest BCUT2D eigenvalue weighted by Crippen LogP contribution is 2.37. The second-order valence-electron chi connectivity index (χ2n) is 8.54.